The normalized spacial score (nSPS) is 28.2. The number of likely N-dealkylation sites (N-methyl/N-ethyl adjacent to an activating group) is 1. The number of aliphatic hydroxyl groups excluding tert-OH is 2. The molecule has 1 amide bonds. The molecular weight excluding hydrogens is 472 g/mol. The van der Waals surface area contributed by atoms with Crippen LogP contribution in [0.25, 0.3) is 10.4 Å². The molecule has 0 fully saturated rings. The fourth-order valence-corrected chi connectivity index (χ4v) is 6.69. The summed E-state index contributed by atoms with van der Waals surface area (Å²) >= 11 is 1.48. The average molecular weight is 497 g/mol. The van der Waals surface area contributed by atoms with Crippen LogP contribution >= 0.6 is 11.3 Å². The monoisotopic (exact) mass is 496 g/mol. The zero-order chi connectivity index (χ0) is 25.4. The number of aliphatic hydroxyl groups is 3. The highest BCUT2D eigenvalue weighted by Crippen LogP contribution is 2.53. The second kappa shape index (κ2) is 7.77. The lowest BCUT2D eigenvalue weighted by Crippen LogP contribution is -2.63. The van der Waals surface area contributed by atoms with Gasteiger partial charge >= 0.3 is 0 Å². The molecule has 10 heteroatoms. The average Bonchev–Trinajstić information content (AvgIpc) is 3.30. The molecule has 0 spiro atoms. The molecule has 3 aliphatic carbocycles. The van der Waals surface area contributed by atoms with Crippen LogP contribution in [0.4, 0.5) is 0 Å². The van der Waals surface area contributed by atoms with E-state index in [1.807, 2.05) is 17.5 Å². The lowest BCUT2D eigenvalue weighted by molar-refractivity contribution is -0.148. The van der Waals surface area contributed by atoms with E-state index in [4.69, 9.17) is 5.73 Å². The standard InChI is InChI=1S/C25H24N2O7S/c1-27(2)19-13-9-10-8-12-11(15-4-3-7-35-15)5-6-14(28)17(12)20(29)16(10)22(31)25(13,34)23(32)18(21(19)30)24(26)33/h3-7,10,13,19,28,30-31,34H,8-9H2,1-2H3,(H2,26,33). The van der Waals surface area contributed by atoms with Crippen molar-refractivity contribution in [3.8, 4) is 16.2 Å². The third-order valence-corrected chi connectivity index (χ3v) is 8.30. The van der Waals surface area contributed by atoms with Crippen molar-refractivity contribution in [3.63, 3.8) is 0 Å². The van der Waals surface area contributed by atoms with Gasteiger partial charge in [0.25, 0.3) is 5.91 Å². The predicted molar refractivity (Wildman–Crippen MR) is 127 cm³/mol. The molecule has 4 atom stereocenters. The van der Waals surface area contributed by atoms with Crippen molar-refractivity contribution in [2.75, 3.05) is 14.1 Å². The van der Waals surface area contributed by atoms with E-state index in [2.05, 4.69) is 0 Å². The number of thiophene rings is 1. The number of carbonyl (C=O) groups excluding carboxylic acids is 3. The van der Waals surface area contributed by atoms with E-state index in [0.29, 0.717) is 5.56 Å². The van der Waals surface area contributed by atoms with Gasteiger partial charge in [-0.25, -0.2) is 0 Å². The summed E-state index contributed by atoms with van der Waals surface area (Å²) in [4.78, 5) is 41.4. The van der Waals surface area contributed by atoms with Crippen molar-refractivity contribution in [1.82, 2.24) is 4.90 Å². The zero-order valence-electron chi connectivity index (χ0n) is 19.0. The number of phenols is 1. The van der Waals surface area contributed by atoms with Gasteiger partial charge in [0.15, 0.2) is 11.4 Å². The Hall–Kier alpha value is -3.47. The first-order valence-corrected chi connectivity index (χ1v) is 11.9. The highest BCUT2D eigenvalue weighted by molar-refractivity contribution is 7.13. The van der Waals surface area contributed by atoms with Gasteiger partial charge in [-0.15, -0.1) is 11.3 Å². The maximum atomic E-state index is 13.7. The van der Waals surface area contributed by atoms with E-state index in [9.17, 15) is 34.8 Å². The van der Waals surface area contributed by atoms with E-state index in [-0.39, 0.29) is 29.7 Å². The van der Waals surface area contributed by atoms with Gasteiger partial charge in [0, 0.05) is 16.4 Å². The molecule has 0 bridgehead atoms. The third kappa shape index (κ3) is 3.03. The molecule has 0 saturated carbocycles. The molecule has 5 rings (SSSR count). The van der Waals surface area contributed by atoms with Gasteiger partial charge in [-0.05, 0) is 67.6 Å². The molecule has 1 aromatic carbocycles. The highest BCUT2D eigenvalue weighted by Gasteiger charge is 2.63. The molecule has 0 saturated heterocycles. The number of primary amides is 1. The number of rotatable bonds is 3. The molecule has 2 aromatic rings. The van der Waals surface area contributed by atoms with Crippen molar-refractivity contribution in [3.05, 3.63) is 63.4 Å². The van der Waals surface area contributed by atoms with Gasteiger partial charge < -0.3 is 26.2 Å². The lowest BCUT2D eigenvalue weighted by Gasteiger charge is -2.50. The van der Waals surface area contributed by atoms with E-state index in [1.54, 1.807) is 20.2 Å². The van der Waals surface area contributed by atoms with E-state index in [0.717, 1.165) is 10.4 Å². The van der Waals surface area contributed by atoms with Gasteiger partial charge in [-0.3, -0.25) is 19.3 Å². The molecule has 182 valence electrons. The summed E-state index contributed by atoms with van der Waals surface area (Å²) in [6.07, 6.45) is 0.321. The van der Waals surface area contributed by atoms with Crippen LogP contribution in [0.2, 0.25) is 0 Å². The van der Waals surface area contributed by atoms with Crippen molar-refractivity contribution < 1.29 is 34.8 Å². The Balaban J connectivity index is 1.74. The Morgan fingerprint density at radius 3 is 2.49 bits per heavy atom. The van der Waals surface area contributed by atoms with Crippen LogP contribution in [0.3, 0.4) is 0 Å². The van der Waals surface area contributed by atoms with Gasteiger partial charge in [0.05, 0.1) is 11.6 Å². The maximum absolute atomic E-state index is 13.7. The lowest BCUT2D eigenvalue weighted by atomic mass is 9.58. The summed E-state index contributed by atoms with van der Waals surface area (Å²) in [5.74, 6) is -6.54. The minimum absolute atomic E-state index is 0.0108. The minimum atomic E-state index is -2.63. The summed E-state index contributed by atoms with van der Waals surface area (Å²) in [6, 6.07) is 5.91. The molecule has 6 N–H and O–H groups in total. The number of nitrogens with two attached hydrogens (primary N) is 1. The van der Waals surface area contributed by atoms with Crippen LogP contribution in [0.1, 0.15) is 22.3 Å². The first kappa shape index (κ1) is 23.3. The molecule has 35 heavy (non-hydrogen) atoms. The number of phenolic OH excluding ortho intramolecular Hbond substituents is 1. The van der Waals surface area contributed by atoms with Crippen molar-refractivity contribution in [2.24, 2.45) is 17.6 Å². The van der Waals surface area contributed by atoms with E-state index < -0.39 is 58.0 Å². The number of ketones is 2. The molecular formula is C25H24N2O7S. The molecule has 3 aliphatic rings. The number of carbonyl (C=O) groups is 3. The molecule has 1 heterocycles. The SMILES string of the molecule is CN(C)C1C(O)=C(C(N)=O)C(=O)C2(O)C(O)=C3C(=O)c4c(O)ccc(-c5cccs5)c4CC3CC12. The number of aromatic hydroxyl groups is 1. The Labute approximate surface area is 204 Å². The first-order chi connectivity index (χ1) is 16.5. The molecule has 1 aromatic heterocycles. The van der Waals surface area contributed by atoms with Gasteiger partial charge in [-0.2, -0.15) is 0 Å². The fourth-order valence-electron chi connectivity index (χ4n) is 5.91. The molecule has 0 radical (unpaired) electrons. The topological polar surface area (TPSA) is 161 Å². The molecule has 9 nitrogen and oxygen atoms in total. The van der Waals surface area contributed by atoms with Crippen LogP contribution in [0.15, 0.2) is 52.3 Å². The summed E-state index contributed by atoms with van der Waals surface area (Å²) in [5, 5.41) is 46.2. The van der Waals surface area contributed by atoms with Crippen molar-refractivity contribution in [2.45, 2.75) is 24.5 Å². The number of amides is 1. The van der Waals surface area contributed by atoms with E-state index >= 15 is 0 Å². The number of hydrogen-bond donors (Lipinski definition) is 5. The van der Waals surface area contributed by atoms with Crippen LogP contribution in [-0.4, -0.2) is 68.5 Å². The zero-order valence-corrected chi connectivity index (χ0v) is 19.8. The fraction of sp³-hybridized carbons (Fsp3) is 0.320. The highest BCUT2D eigenvalue weighted by atomic mass is 32.1. The summed E-state index contributed by atoms with van der Waals surface area (Å²) in [5.41, 5.74) is 3.13. The predicted octanol–water partition coefficient (Wildman–Crippen LogP) is 1.85. The van der Waals surface area contributed by atoms with Crippen LogP contribution in [0, 0.1) is 11.8 Å². The smallest absolute Gasteiger partial charge is 0.255 e. The van der Waals surface area contributed by atoms with Gasteiger partial charge in [-0.1, -0.05) is 6.07 Å². The minimum Gasteiger partial charge on any atom is -0.510 e. The Bertz CT molecular complexity index is 1360. The summed E-state index contributed by atoms with van der Waals surface area (Å²) < 4.78 is 0. The van der Waals surface area contributed by atoms with Crippen LogP contribution in [-0.2, 0) is 16.0 Å². The number of fused-ring (bicyclic) bond motifs is 3. The van der Waals surface area contributed by atoms with Gasteiger partial charge in [0.1, 0.15) is 22.8 Å². The quantitative estimate of drug-likeness (QED) is 0.402. The summed E-state index contributed by atoms with van der Waals surface area (Å²) in [6.45, 7) is 0. The van der Waals surface area contributed by atoms with Gasteiger partial charge in [0.2, 0.25) is 5.78 Å². The molecule has 4 unspecified atom stereocenters. The van der Waals surface area contributed by atoms with Crippen LogP contribution < -0.4 is 5.73 Å². The number of hydrogen-bond acceptors (Lipinski definition) is 9. The third-order valence-electron chi connectivity index (χ3n) is 7.39. The Morgan fingerprint density at radius 1 is 1.17 bits per heavy atom. The van der Waals surface area contributed by atoms with Crippen LogP contribution in [0.5, 0.6) is 5.75 Å². The Morgan fingerprint density at radius 2 is 1.89 bits per heavy atom. The maximum Gasteiger partial charge on any atom is 0.255 e. The number of benzene rings is 1. The molecule has 0 aliphatic heterocycles. The second-order valence-electron chi connectivity index (χ2n) is 9.43. The van der Waals surface area contributed by atoms with Crippen molar-refractivity contribution >= 4 is 28.8 Å². The number of nitrogens with zero attached hydrogens (tertiary/aromatic N) is 1. The van der Waals surface area contributed by atoms with Crippen molar-refractivity contribution in [1.29, 1.82) is 0 Å². The second-order valence-corrected chi connectivity index (χ2v) is 10.4. The Kier molecular flexibility index (Phi) is 5.17. The van der Waals surface area contributed by atoms with E-state index in [1.165, 1.54) is 22.3 Å². The summed E-state index contributed by atoms with van der Waals surface area (Å²) in [7, 11) is 3.19. The first-order valence-electron chi connectivity index (χ1n) is 11.0. The largest absolute Gasteiger partial charge is 0.510 e. The number of allylic oxidation sites excluding steroid dienone is 1. The number of Topliss-reactive ketones (excluding diaryl/α,β-unsaturated/α-hetero) is 2.